The fourth-order valence-electron chi connectivity index (χ4n) is 0.767. The van der Waals surface area contributed by atoms with Crippen LogP contribution in [0.4, 0.5) is 5.13 Å². The van der Waals surface area contributed by atoms with Crippen LogP contribution in [-0.2, 0) is 9.53 Å². The molecular formula is C7H12N4O2S. The van der Waals surface area contributed by atoms with E-state index in [-0.39, 0.29) is 12.5 Å². The third-order valence-corrected chi connectivity index (χ3v) is 1.98. The van der Waals surface area contributed by atoms with Gasteiger partial charge in [-0.15, -0.1) is 10.2 Å². The van der Waals surface area contributed by atoms with Crippen LogP contribution in [0.15, 0.2) is 5.51 Å². The highest BCUT2D eigenvalue weighted by Crippen LogP contribution is 2.06. The van der Waals surface area contributed by atoms with E-state index in [9.17, 15) is 4.79 Å². The highest BCUT2D eigenvalue weighted by atomic mass is 32.1. The second-order valence-corrected chi connectivity index (χ2v) is 3.29. The summed E-state index contributed by atoms with van der Waals surface area (Å²) in [7, 11) is 1.61. The number of nitrogens with zero attached hydrogens (tertiary/aromatic N) is 2. The maximum Gasteiger partial charge on any atom is 0.240 e. The Hall–Kier alpha value is -1.05. The summed E-state index contributed by atoms with van der Waals surface area (Å²) in [5.74, 6) is -0.127. The van der Waals surface area contributed by atoms with Gasteiger partial charge in [0.2, 0.25) is 11.0 Å². The minimum Gasteiger partial charge on any atom is -0.383 e. The lowest BCUT2D eigenvalue weighted by Gasteiger charge is -2.02. The second-order valence-electron chi connectivity index (χ2n) is 2.46. The maximum atomic E-state index is 11.2. The molecule has 0 saturated carbocycles. The molecule has 0 bridgehead atoms. The van der Waals surface area contributed by atoms with E-state index in [1.807, 2.05) is 0 Å². The van der Waals surface area contributed by atoms with Crippen molar-refractivity contribution in [2.24, 2.45) is 0 Å². The Bertz CT molecular complexity index is 265. The number of ether oxygens (including phenoxy) is 1. The Morgan fingerprint density at radius 1 is 1.71 bits per heavy atom. The SMILES string of the molecule is COCCNCC(=O)Nc1nncs1. The number of carbonyl (C=O) groups excluding carboxylic acids is 1. The summed E-state index contributed by atoms with van der Waals surface area (Å²) in [6, 6.07) is 0. The zero-order valence-electron chi connectivity index (χ0n) is 7.82. The van der Waals surface area contributed by atoms with Gasteiger partial charge in [0.1, 0.15) is 5.51 Å². The Labute approximate surface area is 85.7 Å². The number of methoxy groups -OCH3 is 1. The van der Waals surface area contributed by atoms with E-state index in [4.69, 9.17) is 4.74 Å². The van der Waals surface area contributed by atoms with Gasteiger partial charge in [-0.2, -0.15) is 0 Å². The Morgan fingerprint density at radius 2 is 2.57 bits per heavy atom. The van der Waals surface area contributed by atoms with Gasteiger partial charge in [0.25, 0.3) is 0 Å². The first-order valence-corrected chi connectivity index (χ1v) is 4.96. The third-order valence-electron chi connectivity index (χ3n) is 1.37. The number of hydrogen-bond donors (Lipinski definition) is 2. The molecule has 6 nitrogen and oxygen atoms in total. The van der Waals surface area contributed by atoms with Gasteiger partial charge >= 0.3 is 0 Å². The molecule has 0 radical (unpaired) electrons. The normalized spacial score (nSPS) is 10.1. The fourth-order valence-corrected chi connectivity index (χ4v) is 1.23. The Kier molecular flexibility index (Phi) is 5.05. The molecule has 1 aromatic rings. The molecule has 1 aromatic heterocycles. The predicted molar refractivity (Wildman–Crippen MR) is 53.3 cm³/mol. The van der Waals surface area contributed by atoms with Crippen molar-refractivity contribution < 1.29 is 9.53 Å². The Balaban J connectivity index is 2.11. The van der Waals surface area contributed by atoms with Crippen LogP contribution in [0.2, 0.25) is 0 Å². The number of amides is 1. The second kappa shape index (κ2) is 6.41. The van der Waals surface area contributed by atoms with Gasteiger partial charge in [0.05, 0.1) is 13.2 Å². The number of carbonyl (C=O) groups is 1. The monoisotopic (exact) mass is 216 g/mol. The molecular weight excluding hydrogens is 204 g/mol. The summed E-state index contributed by atoms with van der Waals surface area (Å²) < 4.78 is 4.82. The summed E-state index contributed by atoms with van der Waals surface area (Å²) in [4.78, 5) is 11.2. The summed E-state index contributed by atoms with van der Waals surface area (Å²) in [6.07, 6.45) is 0. The van der Waals surface area contributed by atoms with Crippen LogP contribution in [-0.4, -0.2) is 42.9 Å². The highest BCUT2D eigenvalue weighted by molar-refractivity contribution is 7.13. The predicted octanol–water partition coefficient (Wildman–Crippen LogP) is -0.287. The summed E-state index contributed by atoms with van der Waals surface area (Å²) in [5, 5.41) is 13.3. The lowest BCUT2D eigenvalue weighted by Crippen LogP contribution is -2.30. The smallest absolute Gasteiger partial charge is 0.240 e. The first-order valence-electron chi connectivity index (χ1n) is 4.08. The number of rotatable bonds is 6. The fraction of sp³-hybridized carbons (Fsp3) is 0.571. The molecule has 0 spiro atoms. The zero-order chi connectivity index (χ0) is 10.2. The number of nitrogens with one attached hydrogen (secondary N) is 2. The lowest BCUT2D eigenvalue weighted by molar-refractivity contribution is -0.115. The van der Waals surface area contributed by atoms with Crippen LogP contribution in [0.5, 0.6) is 0 Å². The first kappa shape index (κ1) is 11.0. The molecule has 0 aliphatic carbocycles. The van der Waals surface area contributed by atoms with Gasteiger partial charge in [-0.1, -0.05) is 11.3 Å². The van der Waals surface area contributed by atoms with Gasteiger partial charge in [0.15, 0.2) is 0 Å². The maximum absolute atomic E-state index is 11.2. The Morgan fingerprint density at radius 3 is 3.21 bits per heavy atom. The van der Waals surface area contributed by atoms with Gasteiger partial charge in [-0.25, -0.2) is 0 Å². The van der Waals surface area contributed by atoms with Crippen molar-refractivity contribution >= 4 is 22.4 Å². The van der Waals surface area contributed by atoms with Crippen molar-refractivity contribution in [3.8, 4) is 0 Å². The third kappa shape index (κ3) is 4.26. The van der Waals surface area contributed by atoms with E-state index in [1.54, 1.807) is 12.6 Å². The molecule has 0 aliphatic rings. The van der Waals surface area contributed by atoms with E-state index in [1.165, 1.54) is 11.3 Å². The molecule has 1 heterocycles. The van der Waals surface area contributed by atoms with Gasteiger partial charge in [-0.05, 0) is 0 Å². The van der Waals surface area contributed by atoms with E-state index in [2.05, 4.69) is 20.8 Å². The van der Waals surface area contributed by atoms with Crippen LogP contribution in [0.1, 0.15) is 0 Å². The first-order chi connectivity index (χ1) is 6.83. The van der Waals surface area contributed by atoms with Crippen LogP contribution in [0.3, 0.4) is 0 Å². The van der Waals surface area contributed by atoms with Gasteiger partial charge in [-0.3, -0.25) is 10.1 Å². The summed E-state index contributed by atoms with van der Waals surface area (Å²) >= 11 is 1.29. The summed E-state index contributed by atoms with van der Waals surface area (Å²) in [5.41, 5.74) is 1.56. The largest absolute Gasteiger partial charge is 0.383 e. The topological polar surface area (TPSA) is 76.1 Å². The van der Waals surface area contributed by atoms with Gasteiger partial charge in [0, 0.05) is 13.7 Å². The number of anilines is 1. The molecule has 14 heavy (non-hydrogen) atoms. The summed E-state index contributed by atoms with van der Waals surface area (Å²) in [6.45, 7) is 1.50. The standard InChI is InChI=1S/C7H12N4O2S/c1-13-3-2-8-4-6(12)10-7-11-9-5-14-7/h5,8H,2-4H2,1H3,(H,10,11,12). The van der Waals surface area contributed by atoms with E-state index < -0.39 is 0 Å². The van der Waals surface area contributed by atoms with Crippen LogP contribution >= 0.6 is 11.3 Å². The minimum atomic E-state index is -0.127. The van der Waals surface area contributed by atoms with Crippen molar-refractivity contribution in [1.29, 1.82) is 0 Å². The molecule has 0 aliphatic heterocycles. The van der Waals surface area contributed by atoms with E-state index >= 15 is 0 Å². The molecule has 2 N–H and O–H groups in total. The average molecular weight is 216 g/mol. The molecule has 0 atom stereocenters. The van der Waals surface area contributed by atoms with E-state index in [0.29, 0.717) is 18.3 Å². The van der Waals surface area contributed by atoms with Crippen molar-refractivity contribution in [2.75, 3.05) is 32.1 Å². The lowest BCUT2D eigenvalue weighted by atomic mass is 10.5. The quantitative estimate of drug-likeness (QED) is 0.639. The molecule has 0 aromatic carbocycles. The number of aromatic nitrogens is 2. The van der Waals surface area contributed by atoms with Crippen molar-refractivity contribution in [3.05, 3.63) is 5.51 Å². The molecule has 7 heteroatoms. The zero-order valence-corrected chi connectivity index (χ0v) is 8.63. The van der Waals surface area contributed by atoms with E-state index in [0.717, 1.165) is 0 Å². The molecule has 78 valence electrons. The van der Waals surface area contributed by atoms with Crippen LogP contribution in [0.25, 0.3) is 0 Å². The number of hydrogen-bond acceptors (Lipinski definition) is 6. The highest BCUT2D eigenvalue weighted by Gasteiger charge is 2.02. The molecule has 1 rings (SSSR count). The van der Waals surface area contributed by atoms with Crippen molar-refractivity contribution in [1.82, 2.24) is 15.5 Å². The molecule has 1 amide bonds. The van der Waals surface area contributed by atoms with Gasteiger partial charge < -0.3 is 10.1 Å². The van der Waals surface area contributed by atoms with Crippen LogP contribution in [0, 0.1) is 0 Å². The van der Waals surface area contributed by atoms with Crippen LogP contribution < -0.4 is 10.6 Å². The minimum absolute atomic E-state index is 0.127. The van der Waals surface area contributed by atoms with Crippen molar-refractivity contribution in [2.45, 2.75) is 0 Å². The average Bonchev–Trinajstić information content (AvgIpc) is 2.65. The van der Waals surface area contributed by atoms with Crippen molar-refractivity contribution in [3.63, 3.8) is 0 Å². The molecule has 0 fully saturated rings. The molecule has 0 unspecified atom stereocenters. The molecule has 0 saturated heterocycles.